The van der Waals surface area contributed by atoms with Gasteiger partial charge in [0, 0.05) is 32.7 Å². The van der Waals surface area contributed by atoms with Crippen LogP contribution in [-0.2, 0) is 4.74 Å². The molecule has 2 atom stereocenters. The second kappa shape index (κ2) is 8.05. The average Bonchev–Trinajstić information content (AvgIpc) is 2.99. The molecule has 24 heavy (non-hydrogen) atoms. The maximum atomic E-state index is 6.03. The van der Waals surface area contributed by atoms with Crippen LogP contribution in [0.2, 0.25) is 0 Å². The number of nitrogens with zero attached hydrogens (tertiary/aromatic N) is 2. The van der Waals surface area contributed by atoms with Crippen LogP contribution in [0.4, 0.5) is 0 Å². The molecule has 2 saturated heterocycles. The van der Waals surface area contributed by atoms with Crippen LogP contribution >= 0.6 is 0 Å². The molecule has 0 aromatic carbocycles. The fourth-order valence-corrected chi connectivity index (χ4v) is 4.71. The highest BCUT2D eigenvalue weighted by Gasteiger charge is 2.37. The van der Waals surface area contributed by atoms with E-state index in [0.717, 1.165) is 38.1 Å². The summed E-state index contributed by atoms with van der Waals surface area (Å²) in [7, 11) is 1.86. The minimum atomic E-state index is 0.284. The van der Waals surface area contributed by atoms with Crippen molar-refractivity contribution in [2.45, 2.75) is 64.5 Å². The molecule has 0 aromatic rings. The molecule has 3 aliphatic rings. The first kappa shape index (κ1) is 18.0. The van der Waals surface area contributed by atoms with E-state index in [-0.39, 0.29) is 6.10 Å². The van der Waals surface area contributed by atoms with E-state index in [1.54, 1.807) is 0 Å². The van der Waals surface area contributed by atoms with E-state index in [1.807, 2.05) is 7.05 Å². The van der Waals surface area contributed by atoms with Gasteiger partial charge in [0.15, 0.2) is 5.96 Å². The van der Waals surface area contributed by atoms with Crippen molar-refractivity contribution in [1.29, 1.82) is 0 Å². The molecule has 5 nitrogen and oxygen atoms in total. The van der Waals surface area contributed by atoms with E-state index in [4.69, 9.17) is 4.74 Å². The largest absolute Gasteiger partial charge is 0.373 e. The van der Waals surface area contributed by atoms with Crippen molar-refractivity contribution in [3.8, 4) is 0 Å². The molecule has 3 fully saturated rings. The zero-order valence-corrected chi connectivity index (χ0v) is 15.8. The Morgan fingerprint density at radius 2 is 2.12 bits per heavy atom. The predicted molar refractivity (Wildman–Crippen MR) is 99.4 cm³/mol. The molecule has 0 amide bonds. The fraction of sp³-hybridized carbons (Fsp3) is 0.947. The lowest BCUT2D eigenvalue weighted by Gasteiger charge is -2.43. The maximum Gasteiger partial charge on any atom is 0.191 e. The molecule has 3 rings (SSSR count). The molecule has 0 bridgehead atoms. The van der Waals surface area contributed by atoms with E-state index in [9.17, 15) is 0 Å². The third-order valence-electron chi connectivity index (χ3n) is 6.07. The van der Waals surface area contributed by atoms with Crippen LogP contribution in [0.5, 0.6) is 0 Å². The van der Waals surface area contributed by atoms with E-state index >= 15 is 0 Å². The summed E-state index contributed by atoms with van der Waals surface area (Å²) in [5.41, 5.74) is 0.496. The summed E-state index contributed by atoms with van der Waals surface area (Å²) in [6.45, 7) is 9.76. The first-order valence-electron chi connectivity index (χ1n) is 9.90. The number of hydrogen-bond donors (Lipinski definition) is 2. The number of hydrogen-bond acceptors (Lipinski definition) is 3. The molecular weight excluding hydrogens is 300 g/mol. The molecule has 0 spiro atoms. The Hall–Kier alpha value is -0.810. The highest BCUT2D eigenvalue weighted by Crippen LogP contribution is 2.45. The SMILES string of the molecule is CN=C(NCC1CN2CCCC2CO1)NCC1(CC(C)C)CCC1. The molecule has 0 aromatic heterocycles. The van der Waals surface area contributed by atoms with Gasteiger partial charge in [0.1, 0.15) is 0 Å². The van der Waals surface area contributed by atoms with Gasteiger partial charge in [-0.2, -0.15) is 0 Å². The fourth-order valence-electron chi connectivity index (χ4n) is 4.71. The van der Waals surface area contributed by atoms with Gasteiger partial charge in [-0.05, 0) is 50.0 Å². The molecule has 2 aliphatic heterocycles. The molecule has 5 heteroatoms. The van der Waals surface area contributed by atoms with Crippen molar-refractivity contribution < 1.29 is 4.74 Å². The lowest BCUT2D eigenvalue weighted by molar-refractivity contribution is -0.0453. The summed E-state index contributed by atoms with van der Waals surface area (Å²) in [5, 5.41) is 7.05. The van der Waals surface area contributed by atoms with Crippen LogP contribution in [0.15, 0.2) is 4.99 Å². The highest BCUT2D eigenvalue weighted by molar-refractivity contribution is 5.79. The summed E-state index contributed by atoms with van der Waals surface area (Å²) < 4.78 is 6.03. The molecule has 2 unspecified atom stereocenters. The van der Waals surface area contributed by atoms with E-state index in [0.29, 0.717) is 11.5 Å². The summed E-state index contributed by atoms with van der Waals surface area (Å²) in [6, 6.07) is 0.674. The summed E-state index contributed by atoms with van der Waals surface area (Å²) >= 11 is 0. The van der Waals surface area contributed by atoms with Crippen LogP contribution < -0.4 is 10.6 Å². The van der Waals surface area contributed by atoms with Crippen LogP contribution in [0, 0.1) is 11.3 Å². The lowest BCUT2D eigenvalue weighted by Crippen LogP contribution is -2.52. The number of nitrogens with one attached hydrogen (secondary N) is 2. The second-order valence-corrected chi connectivity index (χ2v) is 8.50. The zero-order chi connectivity index (χ0) is 17.0. The second-order valence-electron chi connectivity index (χ2n) is 8.50. The van der Waals surface area contributed by atoms with E-state index < -0.39 is 0 Å². The predicted octanol–water partition coefficient (Wildman–Crippen LogP) is 2.23. The third-order valence-corrected chi connectivity index (χ3v) is 6.07. The van der Waals surface area contributed by atoms with Gasteiger partial charge in [0.05, 0.1) is 12.7 Å². The van der Waals surface area contributed by atoms with Gasteiger partial charge >= 0.3 is 0 Å². The number of fused-ring (bicyclic) bond motifs is 1. The first-order chi connectivity index (χ1) is 11.6. The number of morpholine rings is 1. The Balaban J connectivity index is 1.40. The zero-order valence-electron chi connectivity index (χ0n) is 15.8. The number of aliphatic imine (C=N–C) groups is 1. The molecule has 138 valence electrons. The number of rotatable bonds is 6. The van der Waals surface area contributed by atoms with Gasteiger partial charge in [0.2, 0.25) is 0 Å². The maximum absolute atomic E-state index is 6.03. The Morgan fingerprint density at radius 1 is 1.29 bits per heavy atom. The minimum absolute atomic E-state index is 0.284. The van der Waals surface area contributed by atoms with Crippen molar-refractivity contribution in [3.63, 3.8) is 0 Å². The third kappa shape index (κ3) is 4.42. The summed E-state index contributed by atoms with van der Waals surface area (Å²) in [6.07, 6.45) is 8.34. The van der Waals surface area contributed by atoms with Gasteiger partial charge in [-0.3, -0.25) is 9.89 Å². The molecule has 0 radical (unpaired) electrons. The van der Waals surface area contributed by atoms with Crippen LogP contribution in [0.1, 0.15) is 52.4 Å². The lowest BCUT2D eigenvalue weighted by atomic mass is 9.64. The van der Waals surface area contributed by atoms with E-state index in [2.05, 4.69) is 34.4 Å². The Labute approximate surface area is 147 Å². The number of guanidine groups is 1. The van der Waals surface area contributed by atoms with Gasteiger partial charge in [-0.1, -0.05) is 20.3 Å². The quantitative estimate of drug-likeness (QED) is 0.577. The molecule has 2 heterocycles. The van der Waals surface area contributed by atoms with Gasteiger partial charge in [-0.15, -0.1) is 0 Å². The normalized spacial score (nSPS) is 30.1. The van der Waals surface area contributed by atoms with Crippen molar-refractivity contribution >= 4 is 5.96 Å². The van der Waals surface area contributed by atoms with Crippen LogP contribution in [0.25, 0.3) is 0 Å². The van der Waals surface area contributed by atoms with Gasteiger partial charge in [0.25, 0.3) is 0 Å². The van der Waals surface area contributed by atoms with Crippen molar-refractivity contribution in [2.24, 2.45) is 16.3 Å². The Kier molecular flexibility index (Phi) is 6.03. The Bertz CT molecular complexity index is 433. The number of ether oxygens (including phenoxy) is 1. The van der Waals surface area contributed by atoms with Crippen LogP contribution in [0.3, 0.4) is 0 Å². The monoisotopic (exact) mass is 336 g/mol. The smallest absolute Gasteiger partial charge is 0.191 e. The average molecular weight is 337 g/mol. The summed E-state index contributed by atoms with van der Waals surface area (Å²) in [4.78, 5) is 7.00. The van der Waals surface area contributed by atoms with Gasteiger partial charge < -0.3 is 15.4 Å². The van der Waals surface area contributed by atoms with E-state index in [1.165, 1.54) is 45.1 Å². The molecule has 1 aliphatic carbocycles. The highest BCUT2D eigenvalue weighted by atomic mass is 16.5. The summed E-state index contributed by atoms with van der Waals surface area (Å²) in [5.74, 6) is 1.70. The molecular formula is C19H36N4O. The minimum Gasteiger partial charge on any atom is -0.373 e. The van der Waals surface area contributed by atoms with Crippen molar-refractivity contribution in [1.82, 2.24) is 15.5 Å². The van der Waals surface area contributed by atoms with Crippen molar-refractivity contribution in [2.75, 3.05) is 39.8 Å². The van der Waals surface area contributed by atoms with Crippen molar-refractivity contribution in [3.05, 3.63) is 0 Å². The van der Waals surface area contributed by atoms with Gasteiger partial charge in [-0.25, -0.2) is 0 Å². The standard InChI is InChI=1S/C19H36N4O/c1-15(2)10-19(7-5-8-19)14-22-18(20-3)21-11-17-12-23-9-4-6-16(23)13-24-17/h15-17H,4-14H2,1-3H3,(H2,20,21,22). The topological polar surface area (TPSA) is 48.9 Å². The Morgan fingerprint density at radius 3 is 2.79 bits per heavy atom. The first-order valence-corrected chi connectivity index (χ1v) is 9.90. The van der Waals surface area contributed by atoms with Crippen LogP contribution in [-0.4, -0.2) is 62.8 Å². The molecule has 1 saturated carbocycles. The molecule has 2 N–H and O–H groups in total.